The van der Waals surface area contributed by atoms with E-state index >= 15 is 0 Å². The number of benzene rings is 1. The Balaban J connectivity index is 2.03. The normalized spacial score (nSPS) is 24.0. The quantitative estimate of drug-likeness (QED) is 0.485. The second-order valence-corrected chi connectivity index (χ2v) is 7.82. The molecule has 2 aromatic rings. The zero-order valence-corrected chi connectivity index (χ0v) is 16.3. The Morgan fingerprint density at radius 1 is 0.781 bits per heavy atom. The molecule has 0 aliphatic heterocycles. The molecule has 1 fully saturated rings. The molecule has 0 unspecified atom stereocenters. The molecule has 0 bridgehead atoms. The summed E-state index contributed by atoms with van der Waals surface area (Å²) in [5.74, 6) is -40.1. The molecule has 0 radical (unpaired) electrons. The first kappa shape index (κ1) is 24.5. The van der Waals surface area contributed by atoms with Gasteiger partial charge >= 0.3 is 35.3 Å². The lowest BCUT2D eigenvalue weighted by Crippen LogP contribution is -2.86. The number of anilines is 1. The highest BCUT2D eigenvalue weighted by molar-refractivity contribution is 7.14. The lowest BCUT2D eigenvalue weighted by Gasteiger charge is -2.51. The second kappa shape index (κ2) is 6.92. The standard InChI is InChI=1S/C16H6ClF11N2OS/c17-7-3-1-6(2-4-7)8-5-32-10(29-8)30-9(31)11(18)12(19,20)14(23,24)16(27,28)15(25,26)13(11,21)22/h1-5H,(H,29,30,31). The van der Waals surface area contributed by atoms with Crippen molar-refractivity contribution in [2.45, 2.75) is 35.3 Å². The van der Waals surface area contributed by atoms with Crippen LogP contribution in [-0.4, -0.2) is 46.2 Å². The third-order valence-electron chi connectivity index (χ3n) is 4.62. The lowest BCUT2D eigenvalue weighted by molar-refractivity contribution is -0.475. The van der Waals surface area contributed by atoms with E-state index in [4.69, 9.17) is 11.6 Å². The maximum Gasteiger partial charge on any atom is 0.384 e. The Kier molecular flexibility index (Phi) is 5.29. The van der Waals surface area contributed by atoms with Crippen LogP contribution in [0.25, 0.3) is 11.3 Å². The van der Waals surface area contributed by atoms with Gasteiger partial charge in [-0.25, -0.2) is 9.37 Å². The Morgan fingerprint density at radius 2 is 1.22 bits per heavy atom. The van der Waals surface area contributed by atoms with Crippen molar-refractivity contribution in [2.24, 2.45) is 0 Å². The number of nitrogens with zero attached hydrogens (tertiary/aromatic N) is 1. The molecule has 0 spiro atoms. The first-order chi connectivity index (χ1) is 14.4. The van der Waals surface area contributed by atoms with Gasteiger partial charge in [0.1, 0.15) is 0 Å². The van der Waals surface area contributed by atoms with Crippen LogP contribution >= 0.6 is 22.9 Å². The van der Waals surface area contributed by atoms with Gasteiger partial charge in [-0.15, -0.1) is 11.3 Å². The van der Waals surface area contributed by atoms with E-state index in [2.05, 4.69) is 4.98 Å². The molecule has 32 heavy (non-hydrogen) atoms. The Bertz CT molecular complexity index is 1020. The molecule has 3 nitrogen and oxygen atoms in total. The van der Waals surface area contributed by atoms with Gasteiger partial charge < -0.3 is 0 Å². The van der Waals surface area contributed by atoms with Crippen molar-refractivity contribution in [1.82, 2.24) is 4.98 Å². The Hall–Kier alpha value is -2.16. The van der Waals surface area contributed by atoms with Crippen molar-refractivity contribution in [2.75, 3.05) is 5.32 Å². The van der Waals surface area contributed by atoms with Crippen molar-refractivity contribution in [3.63, 3.8) is 0 Å². The van der Waals surface area contributed by atoms with E-state index in [-0.39, 0.29) is 27.6 Å². The third kappa shape index (κ3) is 2.79. The van der Waals surface area contributed by atoms with E-state index in [9.17, 15) is 53.1 Å². The van der Waals surface area contributed by atoms with E-state index in [1.807, 2.05) is 0 Å². The highest BCUT2D eigenvalue weighted by Gasteiger charge is 3.02. The highest BCUT2D eigenvalue weighted by Crippen LogP contribution is 2.69. The summed E-state index contributed by atoms with van der Waals surface area (Å²) in [5.41, 5.74) is -6.59. The van der Waals surface area contributed by atoms with Gasteiger partial charge in [-0.3, -0.25) is 10.1 Å². The van der Waals surface area contributed by atoms with Gasteiger partial charge in [-0.05, 0) is 12.1 Å². The van der Waals surface area contributed by atoms with Crippen LogP contribution in [0.1, 0.15) is 0 Å². The van der Waals surface area contributed by atoms with Gasteiger partial charge in [-0.1, -0.05) is 23.7 Å². The average Bonchev–Trinajstić information content (AvgIpc) is 3.14. The summed E-state index contributed by atoms with van der Waals surface area (Å²) in [4.78, 5) is 15.4. The highest BCUT2D eigenvalue weighted by atomic mass is 35.5. The fourth-order valence-corrected chi connectivity index (χ4v) is 3.61. The van der Waals surface area contributed by atoms with E-state index in [1.165, 1.54) is 24.3 Å². The SMILES string of the molecule is O=C(Nc1nc(-c2ccc(Cl)cc2)cs1)C1(F)C(F)(F)C(F)(F)C(F)(F)C(F)(F)C1(F)F. The van der Waals surface area contributed by atoms with Gasteiger partial charge in [0.15, 0.2) is 5.13 Å². The number of carbonyl (C=O) groups excluding carboxylic acids is 1. The minimum atomic E-state index is -7.40. The van der Waals surface area contributed by atoms with Crippen LogP contribution in [0.5, 0.6) is 0 Å². The van der Waals surface area contributed by atoms with Gasteiger partial charge in [0, 0.05) is 16.0 Å². The largest absolute Gasteiger partial charge is 0.384 e. The molecular weight excluding hydrogens is 513 g/mol. The Morgan fingerprint density at radius 3 is 1.69 bits per heavy atom. The molecule has 1 aromatic heterocycles. The third-order valence-corrected chi connectivity index (χ3v) is 5.63. The minimum absolute atomic E-state index is 0.0702. The average molecular weight is 519 g/mol. The summed E-state index contributed by atoms with van der Waals surface area (Å²) in [5, 5.41) is 1.36. The number of hydrogen-bond donors (Lipinski definition) is 1. The van der Waals surface area contributed by atoms with Crippen LogP contribution in [0, 0.1) is 0 Å². The van der Waals surface area contributed by atoms with Gasteiger partial charge in [0.2, 0.25) is 0 Å². The zero-order chi connectivity index (χ0) is 24.5. The van der Waals surface area contributed by atoms with Crippen molar-refractivity contribution in [3.8, 4) is 11.3 Å². The van der Waals surface area contributed by atoms with Crippen LogP contribution < -0.4 is 5.32 Å². The predicted molar refractivity (Wildman–Crippen MR) is 89.8 cm³/mol. The Labute approximate surface area is 179 Å². The molecule has 1 aliphatic carbocycles. The van der Waals surface area contributed by atoms with Gasteiger partial charge in [0.25, 0.3) is 5.91 Å². The molecule has 3 rings (SSSR count). The van der Waals surface area contributed by atoms with Crippen molar-refractivity contribution in [1.29, 1.82) is 0 Å². The first-order valence-corrected chi connectivity index (χ1v) is 9.23. The van der Waals surface area contributed by atoms with Gasteiger partial charge in [0.05, 0.1) is 5.69 Å². The monoisotopic (exact) mass is 518 g/mol. The number of hydrogen-bond acceptors (Lipinski definition) is 3. The number of amides is 1. The maximum absolute atomic E-state index is 14.7. The van der Waals surface area contributed by atoms with E-state index < -0.39 is 46.3 Å². The molecule has 1 N–H and O–H groups in total. The number of carbonyl (C=O) groups is 1. The number of thiazole rings is 1. The molecule has 1 heterocycles. The van der Waals surface area contributed by atoms with Crippen LogP contribution in [0.2, 0.25) is 5.02 Å². The number of nitrogens with one attached hydrogen (secondary N) is 1. The molecule has 1 aromatic carbocycles. The van der Waals surface area contributed by atoms with E-state index in [0.717, 1.165) is 10.7 Å². The van der Waals surface area contributed by atoms with Crippen LogP contribution in [0.15, 0.2) is 29.6 Å². The fraction of sp³-hybridized carbons (Fsp3) is 0.375. The maximum atomic E-state index is 14.7. The molecule has 0 saturated heterocycles. The fourth-order valence-electron chi connectivity index (χ4n) is 2.77. The number of rotatable bonds is 3. The van der Waals surface area contributed by atoms with Crippen LogP contribution in [0.4, 0.5) is 53.4 Å². The van der Waals surface area contributed by atoms with Gasteiger partial charge in [-0.2, -0.15) is 43.9 Å². The molecule has 1 saturated carbocycles. The molecule has 16 heteroatoms. The summed E-state index contributed by atoms with van der Waals surface area (Å²) in [6, 6.07) is 5.43. The molecular formula is C16H6ClF11N2OS. The molecule has 1 amide bonds. The summed E-state index contributed by atoms with van der Waals surface area (Å²) in [6.07, 6.45) is 0. The lowest BCUT2D eigenvalue weighted by atomic mass is 9.71. The predicted octanol–water partition coefficient (Wildman–Crippen LogP) is 6.30. The van der Waals surface area contributed by atoms with Crippen molar-refractivity contribution < 1.29 is 53.1 Å². The first-order valence-electron chi connectivity index (χ1n) is 7.97. The minimum Gasteiger partial charge on any atom is -0.299 e. The molecule has 0 atom stereocenters. The van der Waals surface area contributed by atoms with Crippen molar-refractivity contribution in [3.05, 3.63) is 34.7 Å². The summed E-state index contributed by atoms with van der Waals surface area (Å²) >= 11 is 5.94. The number of halogens is 12. The summed E-state index contributed by atoms with van der Waals surface area (Å²) < 4.78 is 151. The molecule has 1 aliphatic rings. The van der Waals surface area contributed by atoms with E-state index in [0.29, 0.717) is 0 Å². The van der Waals surface area contributed by atoms with Crippen molar-refractivity contribution >= 4 is 34.0 Å². The smallest absolute Gasteiger partial charge is 0.299 e. The van der Waals surface area contributed by atoms with Crippen LogP contribution in [-0.2, 0) is 4.79 Å². The van der Waals surface area contributed by atoms with Crippen LogP contribution in [0.3, 0.4) is 0 Å². The zero-order valence-electron chi connectivity index (χ0n) is 14.7. The number of alkyl halides is 11. The summed E-state index contributed by atoms with van der Waals surface area (Å²) in [6.45, 7) is 0. The second-order valence-electron chi connectivity index (χ2n) is 6.53. The number of aromatic nitrogens is 1. The summed E-state index contributed by atoms with van der Waals surface area (Å²) in [7, 11) is 0. The molecule has 176 valence electrons. The topological polar surface area (TPSA) is 42.0 Å². The van der Waals surface area contributed by atoms with E-state index in [1.54, 1.807) is 0 Å².